The SMILES string of the molecule is C=O.CNC(=O)C(C#Cc1ccc(C2(CN3Cc4cc(O)ccc4C3=O)NC(=O)NC2=O)cc1)NC.COc1ccc(CN(C)C)c(C=O)c1. The van der Waals surface area contributed by atoms with Gasteiger partial charge in [0, 0.05) is 36.8 Å². The molecule has 262 valence electrons. The number of benzene rings is 3. The lowest BCUT2D eigenvalue weighted by molar-refractivity contribution is -0.125. The molecule has 5 rings (SSSR count). The summed E-state index contributed by atoms with van der Waals surface area (Å²) in [5.74, 6) is 5.38. The molecule has 14 heteroatoms. The van der Waals surface area contributed by atoms with E-state index < -0.39 is 23.5 Å². The molecule has 5 N–H and O–H groups in total. The average Bonchev–Trinajstić information content (AvgIpc) is 3.58. The predicted molar refractivity (Wildman–Crippen MR) is 184 cm³/mol. The van der Waals surface area contributed by atoms with Crippen molar-refractivity contribution >= 4 is 36.8 Å². The van der Waals surface area contributed by atoms with E-state index in [1.54, 1.807) is 44.5 Å². The lowest BCUT2D eigenvalue weighted by atomic mass is 9.88. The maximum Gasteiger partial charge on any atom is 0.322 e. The summed E-state index contributed by atoms with van der Waals surface area (Å²) in [6, 6.07) is 15.4. The topological polar surface area (TPSA) is 186 Å². The van der Waals surface area contributed by atoms with Crippen LogP contribution in [0.3, 0.4) is 0 Å². The number of carbonyl (C=O) groups excluding carboxylic acids is 6. The van der Waals surface area contributed by atoms with Crippen molar-refractivity contribution in [1.29, 1.82) is 0 Å². The highest BCUT2D eigenvalue weighted by atomic mass is 16.5. The second kappa shape index (κ2) is 17.4. The van der Waals surface area contributed by atoms with Crippen LogP contribution in [0, 0.1) is 11.8 Å². The molecule has 0 spiro atoms. The molecule has 0 saturated carbocycles. The van der Waals surface area contributed by atoms with Crippen molar-refractivity contribution in [2.75, 3.05) is 41.8 Å². The standard InChI is InChI=1S/C24H23N5O5.C11H15NO2.CH2O/c1-25-19(20(31)26-2)10-5-14-3-6-16(7-4-14)24(22(33)27-23(34)28-24)13-29-12-15-11-17(30)8-9-18(15)21(29)32;1-12(2)7-9-4-5-11(14-3)6-10(9)8-13;1-2/h3-4,6-9,11,19,25,30H,12-13H2,1-2H3,(H,26,31)(H2,27,28,33,34);4-6,8H,7H2,1-3H3;1H2. The first kappa shape index (κ1) is 38.4. The highest BCUT2D eigenvalue weighted by molar-refractivity contribution is 6.08. The lowest BCUT2D eigenvalue weighted by Gasteiger charge is -2.31. The van der Waals surface area contributed by atoms with Crippen molar-refractivity contribution in [2.45, 2.75) is 24.7 Å². The van der Waals surface area contributed by atoms with Gasteiger partial charge in [0.25, 0.3) is 11.8 Å². The van der Waals surface area contributed by atoms with Crippen molar-refractivity contribution in [3.63, 3.8) is 0 Å². The first-order valence-electron chi connectivity index (χ1n) is 15.3. The van der Waals surface area contributed by atoms with E-state index in [2.05, 4.69) is 33.1 Å². The first-order chi connectivity index (χ1) is 23.9. The van der Waals surface area contributed by atoms with E-state index in [0.29, 0.717) is 27.8 Å². The van der Waals surface area contributed by atoms with E-state index in [4.69, 9.17) is 9.53 Å². The van der Waals surface area contributed by atoms with Crippen LogP contribution in [0.25, 0.3) is 0 Å². The molecule has 0 bridgehead atoms. The second-order valence-electron chi connectivity index (χ2n) is 11.4. The third kappa shape index (κ3) is 8.90. The fraction of sp³-hybridized carbons (Fsp3) is 0.278. The number of aromatic hydroxyl groups is 1. The Bertz CT molecular complexity index is 1800. The highest BCUT2D eigenvalue weighted by Gasteiger charge is 2.50. The molecule has 0 aromatic heterocycles. The summed E-state index contributed by atoms with van der Waals surface area (Å²) in [7, 11) is 8.69. The van der Waals surface area contributed by atoms with Crippen molar-refractivity contribution in [1.82, 2.24) is 31.1 Å². The van der Waals surface area contributed by atoms with Crippen LogP contribution in [-0.2, 0) is 33.0 Å². The summed E-state index contributed by atoms with van der Waals surface area (Å²) >= 11 is 0. The zero-order valence-corrected chi connectivity index (χ0v) is 28.5. The smallest absolute Gasteiger partial charge is 0.322 e. The van der Waals surface area contributed by atoms with Gasteiger partial charge < -0.3 is 35.1 Å². The molecular formula is C36H40N6O8. The molecule has 0 aliphatic carbocycles. The Morgan fingerprint density at radius 3 is 2.36 bits per heavy atom. The van der Waals surface area contributed by atoms with Crippen LogP contribution < -0.4 is 26.0 Å². The van der Waals surface area contributed by atoms with Gasteiger partial charge in [0.15, 0.2) is 11.8 Å². The number of hydrogen-bond acceptors (Lipinski definition) is 10. The summed E-state index contributed by atoms with van der Waals surface area (Å²) in [6.45, 7) is 2.86. The molecule has 2 aliphatic heterocycles. The number of ether oxygens (including phenoxy) is 1. The van der Waals surface area contributed by atoms with Crippen molar-refractivity contribution in [3.05, 3.63) is 94.0 Å². The normalized spacial score (nSPS) is 16.3. The Morgan fingerprint density at radius 1 is 1.10 bits per heavy atom. The fourth-order valence-corrected chi connectivity index (χ4v) is 5.38. The summed E-state index contributed by atoms with van der Waals surface area (Å²) in [5.41, 5.74) is 2.39. The van der Waals surface area contributed by atoms with E-state index in [1.807, 2.05) is 37.9 Å². The predicted octanol–water partition coefficient (Wildman–Crippen LogP) is 1.15. The molecule has 2 heterocycles. The summed E-state index contributed by atoms with van der Waals surface area (Å²) in [4.78, 5) is 72.0. The third-order valence-electron chi connectivity index (χ3n) is 7.84. The van der Waals surface area contributed by atoms with E-state index in [-0.39, 0.29) is 30.7 Å². The number of phenolic OH excluding ortho intramolecular Hbond substituents is 1. The Kier molecular flexibility index (Phi) is 13.4. The van der Waals surface area contributed by atoms with Gasteiger partial charge >= 0.3 is 6.03 Å². The number of phenols is 1. The summed E-state index contributed by atoms with van der Waals surface area (Å²) in [5, 5.41) is 20.0. The summed E-state index contributed by atoms with van der Waals surface area (Å²) < 4.78 is 5.04. The number of rotatable bonds is 9. The number of imide groups is 1. The van der Waals surface area contributed by atoms with Crippen molar-refractivity contribution < 1.29 is 38.6 Å². The zero-order valence-electron chi connectivity index (χ0n) is 28.5. The number of methoxy groups -OCH3 is 1. The third-order valence-corrected chi connectivity index (χ3v) is 7.84. The largest absolute Gasteiger partial charge is 0.508 e. The molecular weight excluding hydrogens is 644 g/mol. The second-order valence-corrected chi connectivity index (χ2v) is 11.4. The van der Waals surface area contributed by atoms with Gasteiger partial charge in [-0.3, -0.25) is 29.8 Å². The molecule has 0 radical (unpaired) electrons. The lowest BCUT2D eigenvalue weighted by Crippen LogP contribution is -2.52. The molecule has 1 fully saturated rings. The van der Waals surface area contributed by atoms with Crippen LogP contribution in [0.2, 0.25) is 0 Å². The number of nitrogens with zero attached hydrogens (tertiary/aromatic N) is 2. The quantitative estimate of drug-likeness (QED) is 0.124. The van der Waals surface area contributed by atoms with E-state index in [1.165, 1.54) is 30.1 Å². The average molecular weight is 685 g/mol. The van der Waals surface area contributed by atoms with Gasteiger partial charge in [-0.1, -0.05) is 30.0 Å². The molecule has 5 amide bonds. The van der Waals surface area contributed by atoms with E-state index >= 15 is 0 Å². The fourth-order valence-electron chi connectivity index (χ4n) is 5.38. The number of aldehydes is 1. The van der Waals surface area contributed by atoms with Crippen LogP contribution >= 0.6 is 0 Å². The Hall–Kier alpha value is -6.04. The first-order valence-corrected chi connectivity index (χ1v) is 15.3. The van der Waals surface area contributed by atoms with Crippen LogP contribution in [-0.4, -0.2) is 99.6 Å². The maximum absolute atomic E-state index is 12.9. The minimum atomic E-state index is -1.49. The monoisotopic (exact) mass is 684 g/mol. The minimum absolute atomic E-state index is 0.0450. The zero-order chi connectivity index (χ0) is 37.0. The van der Waals surface area contributed by atoms with Gasteiger partial charge in [-0.25, -0.2) is 4.79 Å². The molecule has 1 saturated heterocycles. The van der Waals surface area contributed by atoms with Crippen LogP contribution in [0.1, 0.15) is 43.0 Å². The molecule has 3 aromatic carbocycles. The number of likely N-dealkylation sites (N-methyl/N-ethyl adjacent to an activating group) is 2. The number of amides is 5. The number of fused-ring (bicyclic) bond motifs is 1. The van der Waals surface area contributed by atoms with E-state index in [0.717, 1.165) is 24.1 Å². The van der Waals surface area contributed by atoms with Gasteiger partial charge in [-0.05, 0) is 80.3 Å². The minimum Gasteiger partial charge on any atom is -0.508 e. The van der Waals surface area contributed by atoms with Crippen LogP contribution in [0.5, 0.6) is 11.5 Å². The van der Waals surface area contributed by atoms with Gasteiger partial charge in [-0.15, -0.1) is 0 Å². The van der Waals surface area contributed by atoms with Crippen molar-refractivity contribution in [2.24, 2.45) is 0 Å². The van der Waals surface area contributed by atoms with E-state index in [9.17, 15) is 29.1 Å². The van der Waals surface area contributed by atoms with Crippen LogP contribution in [0.15, 0.2) is 60.7 Å². The number of hydrogen-bond donors (Lipinski definition) is 5. The van der Waals surface area contributed by atoms with Crippen LogP contribution in [0.4, 0.5) is 4.79 Å². The maximum atomic E-state index is 12.9. The number of urea groups is 1. The van der Waals surface area contributed by atoms with Crippen molar-refractivity contribution in [3.8, 4) is 23.3 Å². The van der Waals surface area contributed by atoms with Gasteiger partial charge in [-0.2, -0.15) is 0 Å². The highest BCUT2D eigenvalue weighted by Crippen LogP contribution is 2.32. The summed E-state index contributed by atoms with van der Waals surface area (Å²) in [6.07, 6.45) is 0.862. The Balaban J connectivity index is 0.000000354. The number of carbonyl (C=O) groups is 6. The molecule has 2 unspecified atom stereocenters. The molecule has 50 heavy (non-hydrogen) atoms. The molecule has 2 atom stereocenters. The van der Waals surface area contributed by atoms with Gasteiger partial charge in [0.2, 0.25) is 5.91 Å². The molecule has 14 nitrogen and oxygen atoms in total. The molecule has 2 aliphatic rings. The van der Waals surface area contributed by atoms with Gasteiger partial charge in [0.1, 0.15) is 24.3 Å². The number of nitrogens with one attached hydrogen (secondary N) is 4. The Morgan fingerprint density at radius 2 is 1.80 bits per heavy atom. The molecule has 3 aromatic rings. The Labute approximate surface area is 290 Å². The van der Waals surface area contributed by atoms with Gasteiger partial charge in [0.05, 0.1) is 13.7 Å².